The van der Waals surface area contributed by atoms with Crippen LogP contribution in [0.4, 0.5) is 0 Å². The number of hydrogen-bond donors (Lipinski definition) is 1. The summed E-state index contributed by atoms with van der Waals surface area (Å²) in [7, 11) is 2.23. The van der Waals surface area contributed by atoms with Crippen LogP contribution in [-0.2, 0) is 0 Å². The highest BCUT2D eigenvalue weighted by molar-refractivity contribution is 4.76. The molecule has 1 aliphatic rings. The molecule has 3 nitrogen and oxygen atoms in total. The summed E-state index contributed by atoms with van der Waals surface area (Å²) in [5.74, 6) is 0. The van der Waals surface area contributed by atoms with Crippen LogP contribution >= 0.6 is 0 Å². The van der Waals surface area contributed by atoms with E-state index < -0.39 is 0 Å². The Kier molecular flexibility index (Phi) is 7.01. The predicted octanol–water partition coefficient (Wildman–Crippen LogP) is 1.40. The summed E-state index contributed by atoms with van der Waals surface area (Å²) < 4.78 is 0. The number of likely N-dealkylation sites (N-methyl/N-ethyl adjacent to an activating group) is 1. The van der Waals surface area contributed by atoms with Gasteiger partial charge < -0.3 is 15.1 Å². The van der Waals surface area contributed by atoms with Crippen LogP contribution in [0.25, 0.3) is 0 Å². The smallest absolute Gasteiger partial charge is 0.0192 e. The van der Waals surface area contributed by atoms with Crippen molar-refractivity contribution in [3.8, 4) is 0 Å². The van der Waals surface area contributed by atoms with Gasteiger partial charge in [-0.3, -0.25) is 0 Å². The molecule has 1 atom stereocenters. The van der Waals surface area contributed by atoms with Crippen LogP contribution in [0.2, 0.25) is 0 Å². The number of hydrogen-bond acceptors (Lipinski definition) is 3. The van der Waals surface area contributed by atoms with E-state index in [0.717, 1.165) is 12.6 Å². The van der Waals surface area contributed by atoms with E-state index in [1.807, 2.05) is 0 Å². The molecule has 1 fully saturated rings. The van der Waals surface area contributed by atoms with Crippen molar-refractivity contribution in [1.82, 2.24) is 15.1 Å². The van der Waals surface area contributed by atoms with Crippen molar-refractivity contribution in [2.75, 3.05) is 46.3 Å². The van der Waals surface area contributed by atoms with E-state index in [1.54, 1.807) is 0 Å². The molecule has 16 heavy (non-hydrogen) atoms. The minimum atomic E-state index is 0.732. The van der Waals surface area contributed by atoms with Crippen molar-refractivity contribution < 1.29 is 0 Å². The molecule has 0 amide bonds. The Balaban J connectivity index is 1.97. The second-order valence-electron chi connectivity index (χ2n) is 5.04. The minimum Gasteiger partial charge on any atom is -0.317 e. The summed E-state index contributed by atoms with van der Waals surface area (Å²) >= 11 is 0. The Labute approximate surface area is 101 Å². The number of rotatable bonds is 7. The van der Waals surface area contributed by atoms with E-state index in [2.05, 4.69) is 36.0 Å². The van der Waals surface area contributed by atoms with Crippen molar-refractivity contribution in [2.45, 2.75) is 39.2 Å². The zero-order valence-electron chi connectivity index (χ0n) is 11.3. The first-order valence-electron chi connectivity index (χ1n) is 6.87. The average Bonchev–Trinajstić information content (AvgIpc) is 2.28. The third-order valence-electron chi connectivity index (χ3n) is 3.62. The molecule has 0 bridgehead atoms. The first-order chi connectivity index (χ1) is 7.74. The summed E-state index contributed by atoms with van der Waals surface area (Å²) in [4.78, 5) is 5.08. The van der Waals surface area contributed by atoms with E-state index in [0.29, 0.717) is 0 Å². The number of piperazine rings is 1. The molecular formula is C13H29N3. The van der Waals surface area contributed by atoms with E-state index in [1.165, 1.54) is 52.0 Å². The van der Waals surface area contributed by atoms with Gasteiger partial charge in [-0.15, -0.1) is 0 Å². The van der Waals surface area contributed by atoms with Crippen molar-refractivity contribution >= 4 is 0 Å². The fraction of sp³-hybridized carbons (Fsp3) is 1.00. The molecule has 0 saturated carbocycles. The highest BCUT2D eigenvalue weighted by atomic mass is 15.3. The highest BCUT2D eigenvalue weighted by Gasteiger charge is 2.19. The maximum atomic E-state index is 3.38. The zero-order valence-corrected chi connectivity index (χ0v) is 11.3. The lowest BCUT2D eigenvalue weighted by Crippen LogP contribution is -2.50. The number of nitrogens with zero attached hydrogens (tertiary/aromatic N) is 2. The Morgan fingerprint density at radius 2 is 2.00 bits per heavy atom. The number of unbranched alkanes of at least 4 members (excludes halogenated alkanes) is 2. The van der Waals surface area contributed by atoms with Gasteiger partial charge in [-0.2, -0.15) is 0 Å². The maximum Gasteiger partial charge on any atom is 0.0192 e. The average molecular weight is 227 g/mol. The van der Waals surface area contributed by atoms with E-state index in [4.69, 9.17) is 0 Å². The summed E-state index contributed by atoms with van der Waals surface area (Å²) in [5, 5.41) is 3.38. The van der Waals surface area contributed by atoms with Crippen molar-refractivity contribution in [3.63, 3.8) is 0 Å². The fourth-order valence-electron chi connectivity index (χ4n) is 2.27. The van der Waals surface area contributed by atoms with Gasteiger partial charge in [0.15, 0.2) is 0 Å². The molecule has 0 radical (unpaired) electrons. The molecular weight excluding hydrogens is 198 g/mol. The van der Waals surface area contributed by atoms with Crippen LogP contribution in [0.3, 0.4) is 0 Å². The Morgan fingerprint density at radius 1 is 1.19 bits per heavy atom. The molecule has 1 rings (SSSR count). The van der Waals surface area contributed by atoms with Gasteiger partial charge in [-0.05, 0) is 46.4 Å². The third-order valence-corrected chi connectivity index (χ3v) is 3.62. The van der Waals surface area contributed by atoms with Crippen LogP contribution in [0.5, 0.6) is 0 Å². The van der Waals surface area contributed by atoms with Crippen molar-refractivity contribution in [2.24, 2.45) is 0 Å². The molecule has 0 aromatic heterocycles. The fourth-order valence-corrected chi connectivity index (χ4v) is 2.27. The topological polar surface area (TPSA) is 18.5 Å². The number of nitrogens with one attached hydrogen (secondary N) is 1. The van der Waals surface area contributed by atoms with Gasteiger partial charge in [0, 0.05) is 25.7 Å². The van der Waals surface area contributed by atoms with Gasteiger partial charge in [0.25, 0.3) is 0 Å². The molecule has 1 unspecified atom stereocenters. The minimum absolute atomic E-state index is 0.732. The lowest BCUT2D eigenvalue weighted by atomic mass is 10.1. The van der Waals surface area contributed by atoms with Gasteiger partial charge >= 0.3 is 0 Å². The summed E-state index contributed by atoms with van der Waals surface area (Å²) in [6.07, 6.45) is 4.06. The third kappa shape index (κ3) is 5.28. The quantitative estimate of drug-likeness (QED) is 0.663. The summed E-state index contributed by atoms with van der Waals surface area (Å²) in [6, 6.07) is 0.732. The first-order valence-corrected chi connectivity index (χ1v) is 6.87. The van der Waals surface area contributed by atoms with Crippen LogP contribution in [-0.4, -0.2) is 62.2 Å². The Morgan fingerprint density at radius 3 is 2.69 bits per heavy atom. The molecule has 1 N–H and O–H groups in total. The second kappa shape index (κ2) is 8.04. The highest BCUT2D eigenvalue weighted by Crippen LogP contribution is 2.08. The predicted molar refractivity (Wildman–Crippen MR) is 70.9 cm³/mol. The van der Waals surface area contributed by atoms with Gasteiger partial charge in [-0.1, -0.05) is 13.3 Å². The molecule has 0 spiro atoms. The normalized spacial score (nSPS) is 23.8. The molecule has 1 aliphatic heterocycles. The summed E-state index contributed by atoms with van der Waals surface area (Å²) in [5.41, 5.74) is 0. The lowest BCUT2D eigenvalue weighted by Gasteiger charge is -2.37. The Bertz CT molecular complexity index is 173. The molecule has 0 aromatic rings. The van der Waals surface area contributed by atoms with E-state index in [-0.39, 0.29) is 0 Å². The van der Waals surface area contributed by atoms with Crippen LogP contribution in [0.1, 0.15) is 33.1 Å². The van der Waals surface area contributed by atoms with Crippen LogP contribution in [0.15, 0.2) is 0 Å². The summed E-state index contributed by atoms with van der Waals surface area (Å²) in [6.45, 7) is 11.8. The molecule has 1 saturated heterocycles. The molecule has 0 aliphatic carbocycles. The molecule has 1 heterocycles. The monoisotopic (exact) mass is 227 g/mol. The maximum absolute atomic E-state index is 3.38. The SMILES string of the molecule is CCNCCCCCN1CCN(C)C(C)C1. The van der Waals surface area contributed by atoms with Gasteiger partial charge in [-0.25, -0.2) is 0 Å². The molecule has 0 aromatic carbocycles. The lowest BCUT2D eigenvalue weighted by molar-refractivity contribution is 0.104. The second-order valence-corrected chi connectivity index (χ2v) is 5.04. The standard InChI is InChI=1S/C13H29N3/c1-4-14-8-6-5-7-9-16-11-10-15(3)13(2)12-16/h13-14H,4-12H2,1-3H3. The van der Waals surface area contributed by atoms with Crippen LogP contribution < -0.4 is 5.32 Å². The van der Waals surface area contributed by atoms with Crippen LogP contribution in [0, 0.1) is 0 Å². The largest absolute Gasteiger partial charge is 0.317 e. The zero-order chi connectivity index (χ0) is 11.8. The van der Waals surface area contributed by atoms with Crippen molar-refractivity contribution in [1.29, 1.82) is 0 Å². The molecule has 3 heteroatoms. The van der Waals surface area contributed by atoms with Gasteiger partial charge in [0.1, 0.15) is 0 Å². The van der Waals surface area contributed by atoms with Crippen molar-refractivity contribution in [3.05, 3.63) is 0 Å². The first kappa shape index (κ1) is 13.9. The van der Waals surface area contributed by atoms with Gasteiger partial charge in [0.2, 0.25) is 0 Å². The van der Waals surface area contributed by atoms with E-state index >= 15 is 0 Å². The molecule has 96 valence electrons. The van der Waals surface area contributed by atoms with Gasteiger partial charge in [0.05, 0.1) is 0 Å². The Hall–Kier alpha value is -0.120. The van der Waals surface area contributed by atoms with E-state index in [9.17, 15) is 0 Å².